The molecule has 0 aromatic heterocycles. The van der Waals surface area contributed by atoms with E-state index < -0.39 is 0 Å². The molecule has 4 nitrogen and oxygen atoms in total. The molecular formula is C23H26FN3O. The number of halogens is 1. The number of amidine groups is 1. The zero-order valence-corrected chi connectivity index (χ0v) is 16.0. The van der Waals surface area contributed by atoms with Crippen molar-refractivity contribution in [3.05, 3.63) is 71.0 Å². The first-order chi connectivity index (χ1) is 13.8. The molecule has 1 unspecified atom stereocenters. The number of nitrogens with one attached hydrogen (secondary N) is 1. The van der Waals surface area contributed by atoms with Crippen LogP contribution in [0.2, 0.25) is 0 Å². The van der Waals surface area contributed by atoms with Crippen molar-refractivity contribution < 1.29 is 9.13 Å². The molecular weight excluding hydrogens is 353 g/mol. The molecule has 3 aliphatic heterocycles. The number of benzene rings is 2. The van der Waals surface area contributed by atoms with Gasteiger partial charge in [-0.15, -0.1) is 0 Å². The highest BCUT2D eigenvalue weighted by Crippen LogP contribution is 2.37. The minimum atomic E-state index is -0.208. The average molecular weight is 379 g/mol. The monoisotopic (exact) mass is 379 g/mol. The summed E-state index contributed by atoms with van der Waals surface area (Å²) in [7, 11) is 0. The van der Waals surface area contributed by atoms with Crippen LogP contribution in [0, 0.1) is 11.7 Å². The number of ether oxygens (including phenoxy) is 1. The lowest BCUT2D eigenvalue weighted by molar-refractivity contribution is 0.102. The highest BCUT2D eigenvalue weighted by molar-refractivity contribution is 5.77. The minimum Gasteiger partial charge on any atom is -0.460 e. The average Bonchev–Trinajstić information content (AvgIpc) is 3.24. The van der Waals surface area contributed by atoms with E-state index >= 15 is 0 Å². The number of aliphatic imine (C=N–C) groups is 1. The fourth-order valence-electron chi connectivity index (χ4n) is 4.78. The molecule has 1 saturated heterocycles. The van der Waals surface area contributed by atoms with Gasteiger partial charge in [0.1, 0.15) is 11.9 Å². The van der Waals surface area contributed by atoms with Crippen LogP contribution < -0.4 is 5.32 Å². The normalized spacial score (nSPS) is 25.2. The number of fused-ring (bicyclic) bond motifs is 1. The van der Waals surface area contributed by atoms with Gasteiger partial charge in [0.2, 0.25) is 0 Å². The molecule has 2 aromatic carbocycles. The molecule has 5 rings (SSSR count). The van der Waals surface area contributed by atoms with Gasteiger partial charge in [-0.2, -0.15) is 0 Å². The maximum Gasteiger partial charge on any atom is 0.288 e. The van der Waals surface area contributed by atoms with Crippen molar-refractivity contribution in [3.63, 3.8) is 0 Å². The van der Waals surface area contributed by atoms with Crippen molar-refractivity contribution in [2.75, 3.05) is 26.2 Å². The van der Waals surface area contributed by atoms with Crippen molar-refractivity contribution in [2.45, 2.75) is 31.4 Å². The SMILES string of the molecule is Fc1ccc([C@H]2c3ccccc3CCN2C2=NCC(C3CCNCC3)O2)cc1. The summed E-state index contributed by atoms with van der Waals surface area (Å²) in [6.45, 7) is 3.73. The van der Waals surface area contributed by atoms with Crippen LogP contribution in [0.4, 0.5) is 4.39 Å². The molecule has 0 bridgehead atoms. The Morgan fingerprint density at radius 1 is 1.04 bits per heavy atom. The molecule has 3 aliphatic rings. The molecule has 0 aliphatic carbocycles. The fourth-order valence-corrected chi connectivity index (χ4v) is 4.78. The van der Waals surface area contributed by atoms with Crippen LogP contribution in [0.1, 0.15) is 35.6 Å². The summed E-state index contributed by atoms with van der Waals surface area (Å²) in [5.41, 5.74) is 3.68. The molecule has 1 N–H and O–H groups in total. The molecule has 0 spiro atoms. The number of rotatable bonds is 2. The molecule has 0 radical (unpaired) electrons. The van der Waals surface area contributed by atoms with Gasteiger partial charge in [0.05, 0.1) is 12.6 Å². The molecule has 3 heterocycles. The van der Waals surface area contributed by atoms with Crippen molar-refractivity contribution in [1.29, 1.82) is 0 Å². The van der Waals surface area contributed by atoms with E-state index in [1.54, 1.807) is 12.1 Å². The number of hydrogen-bond acceptors (Lipinski definition) is 4. The molecule has 5 heteroatoms. The summed E-state index contributed by atoms with van der Waals surface area (Å²) in [6.07, 6.45) is 3.45. The molecule has 0 amide bonds. The Kier molecular flexibility index (Phi) is 4.77. The van der Waals surface area contributed by atoms with Crippen LogP contribution in [0.5, 0.6) is 0 Å². The van der Waals surface area contributed by atoms with E-state index in [0.717, 1.165) is 57.0 Å². The highest BCUT2D eigenvalue weighted by atomic mass is 19.1. The first kappa shape index (κ1) is 17.7. The van der Waals surface area contributed by atoms with Gasteiger partial charge in [-0.1, -0.05) is 36.4 Å². The fraction of sp³-hybridized carbons (Fsp3) is 0.435. The topological polar surface area (TPSA) is 36.9 Å². The third kappa shape index (κ3) is 3.28. The van der Waals surface area contributed by atoms with Crippen LogP contribution in [-0.2, 0) is 11.2 Å². The lowest BCUT2D eigenvalue weighted by Gasteiger charge is -2.39. The van der Waals surface area contributed by atoms with Crippen LogP contribution >= 0.6 is 0 Å². The summed E-state index contributed by atoms with van der Waals surface area (Å²) < 4.78 is 19.9. The Morgan fingerprint density at radius 3 is 2.64 bits per heavy atom. The van der Waals surface area contributed by atoms with E-state index in [2.05, 4.69) is 34.5 Å². The predicted octanol–water partition coefficient (Wildman–Crippen LogP) is 3.53. The molecule has 28 heavy (non-hydrogen) atoms. The van der Waals surface area contributed by atoms with Crippen LogP contribution in [-0.4, -0.2) is 43.2 Å². The predicted molar refractivity (Wildman–Crippen MR) is 108 cm³/mol. The number of piperidine rings is 1. The quantitative estimate of drug-likeness (QED) is 0.867. The Morgan fingerprint density at radius 2 is 1.82 bits per heavy atom. The van der Waals surface area contributed by atoms with E-state index in [0.29, 0.717) is 5.92 Å². The van der Waals surface area contributed by atoms with Gasteiger partial charge in [0.15, 0.2) is 0 Å². The zero-order chi connectivity index (χ0) is 18.9. The Bertz CT molecular complexity index is 860. The summed E-state index contributed by atoms with van der Waals surface area (Å²) in [5, 5.41) is 3.42. The second-order valence-electron chi connectivity index (χ2n) is 7.96. The summed E-state index contributed by atoms with van der Waals surface area (Å²) in [4.78, 5) is 7.08. The Balaban J connectivity index is 1.44. The van der Waals surface area contributed by atoms with E-state index in [9.17, 15) is 4.39 Å². The second kappa shape index (κ2) is 7.55. The van der Waals surface area contributed by atoms with Gasteiger partial charge >= 0.3 is 0 Å². The highest BCUT2D eigenvalue weighted by Gasteiger charge is 2.37. The van der Waals surface area contributed by atoms with E-state index in [-0.39, 0.29) is 18.0 Å². The molecule has 2 aromatic rings. The minimum absolute atomic E-state index is 0.0103. The van der Waals surface area contributed by atoms with Crippen LogP contribution in [0.25, 0.3) is 0 Å². The number of nitrogens with zero attached hydrogens (tertiary/aromatic N) is 2. The van der Waals surface area contributed by atoms with Gasteiger partial charge in [-0.3, -0.25) is 0 Å². The van der Waals surface area contributed by atoms with Crippen molar-refractivity contribution in [1.82, 2.24) is 10.2 Å². The standard InChI is InChI=1S/C23H26FN3O/c24-19-7-5-18(6-8-19)22-20-4-2-1-3-16(20)11-14-27(22)23-26-15-21(28-23)17-9-12-25-13-10-17/h1-8,17,21-22,25H,9-15H2/t21?,22-/m0/s1. The molecule has 2 atom stereocenters. The third-order valence-electron chi connectivity index (χ3n) is 6.29. The third-order valence-corrected chi connectivity index (χ3v) is 6.29. The van der Waals surface area contributed by atoms with Gasteiger partial charge in [0.25, 0.3) is 6.02 Å². The van der Waals surface area contributed by atoms with E-state index in [1.165, 1.54) is 11.1 Å². The second-order valence-corrected chi connectivity index (χ2v) is 7.96. The Labute approximate surface area is 165 Å². The lowest BCUT2D eigenvalue weighted by Crippen LogP contribution is -2.42. The largest absolute Gasteiger partial charge is 0.460 e. The molecule has 1 fully saturated rings. The molecule has 0 saturated carbocycles. The first-order valence-electron chi connectivity index (χ1n) is 10.3. The zero-order valence-electron chi connectivity index (χ0n) is 16.0. The van der Waals surface area contributed by atoms with E-state index in [4.69, 9.17) is 9.73 Å². The lowest BCUT2D eigenvalue weighted by atomic mass is 9.88. The van der Waals surface area contributed by atoms with Crippen molar-refractivity contribution in [3.8, 4) is 0 Å². The van der Waals surface area contributed by atoms with Crippen LogP contribution in [0.3, 0.4) is 0 Å². The summed E-state index contributed by atoms with van der Waals surface area (Å²) >= 11 is 0. The maximum absolute atomic E-state index is 13.5. The van der Waals surface area contributed by atoms with Gasteiger partial charge in [-0.25, -0.2) is 9.38 Å². The van der Waals surface area contributed by atoms with Crippen LogP contribution in [0.15, 0.2) is 53.5 Å². The molecule has 146 valence electrons. The summed E-state index contributed by atoms with van der Waals surface area (Å²) in [5.74, 6) is 0.365. The summed E-state index contributed by atoms with van der Waals surface area (Å²) in [6, 6.07) is 16.2. The maximum atomic E-state index is 13.5. The van der Waals surface area contributed by atoms with Gasteiger partial charge in [0, 0.05) is 12.5 Å². The first-order valence-corrected chi connectivity index (χ1v) is 10.3. The Hall–Kier alpha value is -2.40. The van der Waals surface area contributed by atoms with Gasteiger partial charge in [-0.05, 0) is 61.2 Å². The smallest absolute Gasteiger partial charge is 0.288 e. The number of hydrogen-bond donors (Lipinski definition) is 1. The van der Waals surface area contributed by atoms with E-state index in [1.807, 2.05) is 12.1 Å². The van der Waals surface area contributed by atoms with Gasteiger partial charge < -0.3 is 15.0 Å². The van der Waals surface area contributed by atoms with Crippen molar-refractivity contribution in [2.24, 2.45) is 10.9 Å². The van der Waals surface area contributed by atoms with Crippen molar-refractivity contribution >= 4 is 6.02 Å².